The molecule has 2 aromatic heterocycles. The largest absolute Gasteiger partial charge is 0.415 e. The number of nitrogens with one attached hydrogen (secondary N) is 1. The third-order valence-corrected chi connectivity index (χ3v) is 6.17. The number of anilines is 1. The van der Waals surface area contributed by atoms with Gasteiger partial charge in [-0.3, -0.25) is 20.2 Å². The zero-order valence-corrected chi connectivity index (χ0v) is 18.5. The summed E-state index contributed by atoms with van der Waals surface area (Å²) < 4.78 is 5.59. The molecule has 32 heavy (non-hydrogen) atoms. The Labute approximate surface area is 188 Å². The van der Waals surface area contributed by atoms with E-state index < -0.39 is 10.8 Å². The van der Waals surface area contributed by atoms with E-state index in [1.54, 1.807) is 12.4 Å². The Bertz CT molecular complexity index is 1130. The first-order valence-electron chi connectivity index (χ1n) is 10.3. The fourth-order valence-corrected chi connectivity index (χ4v) is 4.32. The molecule has 1 N–H and O–H groups in total. The van der Waals surface area contributed by atoms with Gasteiger partial charge in [-0.05, 0) is 42.2 Å². The molecule has 4 rings (SSSR count). The van der Waals surface area contributed by atoms with Crippen LogP contribution in [-0.2, 0) is 0 Å². The smallest absolute Gasteiger partial charge is 0.281 e. The number of benzene rings is 1. The van der Waals surface area contributed by atoms with Crippen molar-refractivity contribution < 1.29 is 14.1 Å². The highest BCUT2D eigenvalue weighted by Crippen LogP contribution is 2.34. The van der Waals surface area contributed by atoms with Crippen molar-refractivity contribution in [3.63, 3.8) is 0 Å². The van der Waals surface area contributed by atoms with Gasteiger partial charge in [0.1, 0.15) is 0 Å². The van der Waals surface area contributed by atoms with E-state index in [4.69, 9.17) is 4.42 Å². The maximum atomic E-state index is 13.0. The van der Waals surface area contributed by atoms with Gasteiger partial charge in [0.15, 0.2) is 0 Å². The maximum Gasteiger partial charge on any atom is 0.281 e. The normalized spacial score (nSPS) is 14.1. The van der Waals surface area contributed by atoms with Crippen molar-refractivity contribution >= 4 is 29.3 Å². The van der Waals surface area contributed by atoms with Crippen LogP contribution < -0.4 is 5.32 Å². The highest BCUT2D eigenvalue weighted by molar-refractivity contribution is 7.99. The van der Waals surface area contributed by atoms with Crippen molar-refractivity contribution in [2.75, 3.05) is 5.32 Å². The standard InChI is InChI=1S/C21H22N6O4S/c1-12(2)19-25-26-21(31-19)32-17-8-7-15(27(29)30)9-16(17)18(28)24-20-22-10-14(11-23-20)13-5-3-4-6-13/h7-13H,3-6H2,1-2H3,(H,22,23,24,28). The van der Waals surface area contributed by atoms with Crippen LogP contribution in [0.15, 0.2) is 45.1 Å². The monoisotopic (exact) mass is 454 g/mol. The Morgan fingerprint density at radius 3 is 2.56 bits per heavy atom. The molecule has 1 fully saturated rings. The quantitative estimate of drug-likeness (QED) is 0.388. The third-order valence-electron chi connectivity index (χ3n) is 5.26. The predicted molar refractivity (Wildman–Crippen MR) is 117 cm³/mol. The summed E-state index contributed by atoms with van der Waals surface area (Å²) in [6, 6.07) is 4.02. The van der Waals surface area contributed by atoms with E-state index in [-0.39, 0.29) is 28.3 Å². The lowest BCUT2D eigenvalue weighted by Gasteiger charge is -2.10. The van der Waals surface area contributed by atoms with Gasteiger partial charge in [-0.25, -0.2) is 9.97 Å². The first kappa shape index (κ1) is 21.9. The topological polar surface area (TPSA) is 137 Å². The molecule has 2 heterocycles. The second-order valence-corrected chi connectivity index (χ2v) is 8.87. The summed E-state index contributed by atoms with van der Waals surface area (Å²) >= 11 is 1.07. The first-order valence-corrected chi connectivity index (χ1v) is 11.2. The minimum atomic E-state index is -0.562. The molecule has 0 aliphatic heterocycles. The van der Waals surface area contributed by atoms with Gasteiger partial charge in [-0.1, -0.05) is 26.7 Å². The maximum absolute atomic E-state index is 13.0. The molecule has 3 aromatic rings. The van der Waals surface area contributed by atoms with Crippen molar-refractivity contribution in [2.45, 2.75) is 61.5 Å². The minimum absolute atomic E-state index is 0.0563. The molecule has 11 heteroatoms. The Kier molecular flexibility index (Phi) is 6.45. The number of hydrogen-bond acceptors (Lipinski definition) is 9. The highest BCUT2D eigenvalue weighted by atomic mass is 32.2. The number of aromatic nitrogens is 4. The lowest BCUT2D eigenvalue weighted by molar-refractivity contribution is -0.384. The number of carbonyl (C=O) groups excluding carboxylic acids is 1. The molecular weight excluding hydrogens is 432 g/mol. The lowest BCUT2D eigenvalue weighted by Crippen LogP contribution is -2.15. The number of nitrogens with zero attached hydrogens (tertiary/aromatic N) is 5. The van der Waals surface area contributed by atoms with E-state index >= 15 is 0 Å². The van der Waals surface area contributed by atoms with Gasteiger partial charge in [0.05, 0.1) is 10.5 Å². The molecule has 0 bridgehead atoms. The predicted octanol–water partition coefficient (Wildman–Crippen LogP) is 4.95. The summed E-state index contributed by atoms with van der Waals surface area (Å²) in [5.74, 6) is 0.564. The van der Waals surface area contributed by atoms with Crippen molar-refractivity contribution in [3.05, 3.63) is 57.7 Å². The van der Waals surface area contributed by atoms with E-state index in [9.17, 15) is 14.9 Å². The van der Waals surface area contributed by atoms with Crippen LogP contribution in [0.25, 0.3) is 0 Å². The summed E-state index contributed by atoms with van der Waals surface area (Å²) in [6.07, 6.45) is 8.11. The third kappa shape index (κ3) is 4.93. The Hall–Kier alpha value is -3.34. The van der Waals surface area contributed by atoms with E-state index in [1.165, 1.54) is 31.0 Å². The number of rotatable bonds is 7. The van der Waals surface area contributed by atoms with Crippen molar-refractivity contribution in [1.82, 2.24) is 20.2 Å². The number of hydrogen-bond donors (Lipinski definition) is 1. The number of non-ortho nitro benzene ring substituents is 1. The fourth-order valence-electron chi connectivity index (χ4n) is 3.53. The highest BCUT2D eigenvalue weighted by Gasteiger charge is 2.22. The molecule has 1 aromatic carbocycles. The summed E-state index contributed by atoms with van der Waals surface area (Å²) in [5.41, 5.74) is 0.951. The first-order chi connectivity index (χ1) is 15.4. The van der Waals surface area contributed by atoms with Crippen LogP contribution in [0.5, 0.6) is 0 Å². The Morgan fingerprint density at radius 1 is 1.22 bits per heavy atom. The van der Waals surface area contributed by atoms with Crippen molar-refractivity contribution in [2.24, 2.45) is 0 Å². The van der Waals surface area contributed by atoms with E-state index in [0.29, 0.717) is 16.7 Å². The summed E-state index contributed by atoms with van der Waals surface area (Å²) in [5, 5.41) is 22.1. The molecule has 166 valence electrons. The zero-order valence-electron chi connectivity index (χ0n) is 17.6. The van der Waals surface area contributed by atoms with Crippen LogP contribution in [0.3, 0.4) is 0 Å². The molecule has 10 nitrogen and oxygen atoms in total. The van der Waals surface area contributed by atoms with Crippen LogP contribution in [0.2, 0.25) is 0 Å². The second kappa shape index (κ2) is 9.43. The van der Waals surface area contributed by atoms with E-state index in [0.717, 1.165) is 30.2 Å². The second-order valence-electron chi connectivity index (χ2n) is 7.88. The van der Waals surface area contributed by atoms with Gasteiger partial charge >= 0.3 is 0 Å². The van der Waals surface area contributed by atoms with Crippen LogP contribution in [0, 0.1) is 10.1 Å². The fraction of sp³-hybridized carbons (Fsp3) is 0.381. The van der Waals surface area contributed by atoms with Gasteiger partial charge in [-0.15, -0.1) is 10.2 Å². The number of nitro groups is 1. The minimum Gasteiger partial charge on any atom is -0.415 e. The van der Waals surface area contributed by atoms with E-state index in [1.807, 2.05) is 13.8 Å². The molecule has 0 radical (unpaired) electrons. The average Bonchev–Trinajstić information content (AvgIpc) is 3.47. The Morgan fingerprint density at radius 2 is 1.94 bits per heavy atom. The molecule has 1 aliphatic rings. The van der Waals surface area contributed by atoms with Gasteiger partial charge in [0.2, 0.25) is 11.8 Å². The van der Waals surface area contributed by atoms with Crippen LogP contribution in [-0.4, -0.2) is 31.0 Å². The molecule has 1 saturated carbocycles. The number of nitro benzene ring substituents is 1. The van der Waals surface area contributed by atoms with Gasteiger partial charge in [0, 0.05) is 35.3 Å². The van der Waals surface area contributed by atoms with Gasteiger partial charge in [0.25, 0.3) is 16.8 Å². The molecule has 0 saturated heterocycles. The zero-order chi connectivity index (χ0) is 22.7. The Balaban J connectivity index is 1.56. The van der Waals surface area contributed by atoms with E-state index in [2.05, 4.69) is 25.5 Å². The van der Waals surface area contributed by atoms with Crippen LogP contribution in [0.4, 0.5) is 11.6 Å². The summed E-state index contributed by atoms with van der Waals surface area (Å²) in [7, 11) is 0. The molecule has 0 unspecified atom stereocenters. The molecule has 1 aliphatic carbocycles. The molecule has 1 amide bonds. The molecule has 0 atom stereocenters. The average molecular weight is 455 g/mol. The molecular formula is C21H22N6O4S. The number of amides is 1. The summed E-state index contributed by atoms with van der Waals surface area (Å²) in [4.78, 5) is 32.6. The molecule has 0 spiro atoms. The van der Waals surface area contributed by atoms with Crippen LogP contribution >= 0.6 is 11.8 Å². The number of carbonyl (C=O) groups is 1. The summed E-state index contributed by atoms with van der Waals surface area (Å²) in [6.45, 7) is 3.84. The van der Waals surface area contributed by atoms with Gasteiger partial charge < -0.3 is 4.42 Å². The van der Waals surface area contributed by atoms with Crippen LogP contribution in [0.1, 0.15) is 73.2 Å². The van der Waals surface area contributed by atoms with Crippen molar-refractivity contribution in [3.8, 4) is 0 Å². The van der Waals surface area contributed by atoms with Gasteiger partial charge in [-0.2, -0.15) is 0 Å². The van der Waals surface area contributed by atoms with Crippen molar-refractivity contribution in [1.29, 1.82) is 0 Å². The SMILES string of the molecule is CC(C)c1nnc(Sc2ccc([N+](=O)[O-])cc2C(=O)Nc2ncc(C3CCCC3)cn2)o1. The lowest BCUT2D eigenvalue weighted by atomic mass is 10.0.